The van der Waals surface area contributed by atoms with Crippen molar-refractivity contribution in [1.82, 2.24) is 0 Å². The molecule has 0 spiro atoms. The Balaban J connectivity index is 1.69. The van der Waals surface area contributed by atoms with E-state index in [9.17, 15) is 19.8 Å². The Labute approximate surface area is 203 Å². The van der Waals surface area contributed by atoms with Crippen molar-refractivity contribution in [3.63, 3.8) is 0 Å². The van der Waals surface area contributed by atoms with Crippen LogP contribution in [0.3, 0.4) is 0 Å². The van der Waals surface area contributed by atoms with Crippen LogP contribution in [-0.2, 0) is 16.8 Å². The van der Waals surface area contributed by atoms with Crippen LogP contribution in [-0.4, -0.2) is 39.5 Å². The Morgan fingerprint density at radius 2 is 1.86 bits per heavy atom. The first-order valence-corrected chi connectivity index (χ1v) is 11.7. The smallest absolute Gasteiger partial charge is 0.198 e. The van der Waals surface area contributed by atoms with E-state index in [0.29, 0.717) is 28.8 Å². The van der Waals surface area contributed by atoms with Gasteiger partial charge in [-0.1, -0.05) is 48.8 Å². The molecule has 2 aliphatic carbocycles. The number of anilines is 1. The van der Waals surface area contributed by atoms with Crippen LogP contribution >= 0.6 is 0 Å². The lowest BCUT2D eigenvalue weighted by molar-refractivity contribution is 0.0868. The summed E-state index contributed by atoms with van der Waals surface area (Å²) in [4.78, 5) is 27.6. The predicted molar refractivity (Wildman–Crippen MR) is 129 cm³/mol. The van der Waals surface area contributed by atoms with E-state index in [1.807, 2.05) is 19.9 Å². The molecule has 4 aliphatic rings. The largest absolute Gasteiger partial charge is 0.507 e. The number of carbonyl (C=O) groups excluding carboxylic acids is 2. The fourth-order valence-electron chi connectivity index (χ4n) is 6.14. The molecule has 6 rings (SSSR count). The SMILES string of the molecule is CCc1cccc2c1C(=O)c1c3c(cc(O)c1C2=O)[C@@]12O[C@@]1([C@@H](C)O)[C@H](C#C/C=C\C#C[C@H]2C)N3. The topological polar surface area (TPSA) is 99.2 Å². The first-order valence-electron chi connectivity index (χ1n) is 11.7. The van der Waals surface area contributed by atoms with Gasteiger partial charge in [-0.15, -0.1) is 0 Å². The third-order valence-electron chi connectivity index (χ3n) is 7.76. The maximum Gasteiger partial charge on any atom is 0.198 e. The van der Waals surface area contributed by atoms with Gasteiger partial charge < -0.3 is 20.3 Å². The molecule has 6 nitrogen and oxygen atoms in total. The minimum absolute atomic E-state index is 0.0280. The number of carbonyl (C=O) groups is 2. The van der Waals surface area contributed by atoms with Gasteiger partial charge in [-0.3, -0.25) is 9.59 Å². The molecule has 2 aromatic rings. The summed E-state index contributed by atoms with van der Waals surface area (Å²) < 4.78 is 6.42. The summed E-state index contributed by atoms with van der Waals surface area (Å²) in [6.07, 6.45) is 2.94. The molecule has 5 atom stereocenters. The zero-order valence-corrected chi connectivity index (χ0v) is 19.5. The fraction of sp³-hybridized carbons (Fsp3) is 0.310. The average molecular weight is 466 g/mol. The molecule has 0 amide bonds. The molecule has 2 bridgehead atoms. The first-order chi connectivity index (χ1) is 16.8. The molecule has 6 heteroatoms. The van der Waals surface area contributed by atoms with Gasteiger partial charge in [0.1, 0.15) is 17.4 Å². The predicted octanol–water partition coefficient (Wildman–Crippen LogP) is 3.08. The molecule has 2 aromatic carbocycles. The molecule has 1 fully saturated rings. The molecule has 2 aliphatic heterocycles. The second-order valence-corrected chi connectivity index (χ2v) is 9.44. The van der Waals surface area contributed by atoms with E-state index in [2.05, 4.69) is 29.0 Å². The van der Waals surface area contributed by atoms with Crippen molar-refractivity contribution >= 4 is 17.3 Å². The quantitative estimate of drug-likeness (QED) is 0.306. The molecule has 3 N–H and O–H groups in total. The number of epoxide rings is 1. The minimum Gasteiger partial charge on any atom is -0.507 e. The van der Waals surface area contributed by atoms with Crippen LogP contribution in [0.15, 0.2) is 36.4 Å². The van der Waals surface area contributed by atoms with E-state index in [4.69, 9.17) is 4.74 Å². The molecule has 0 aromatic heterocycles. The molecule has 35 heavy (non-hydrogen) atoms. The van der Waals surface area contributed by atoms with E-state index in [0.717, 1.165) is 5.56 Å². The van der Waals surface area contributed by atoms with Gasteiger partial charge in [-0.2, -0.15) is 0 Å². The number of aryl methyl sites for hydroxylation is 1. The van der Waals surface area contributed by atoms with Gasteiger partial charge in [0, 0.05) is 16.7 Å². The summed E-state index contributed by atoms with van der Waals surface area (Å²) in [5.74, 6) is 10.8. The van der Waals surface area contributed by atoms with Crippen molar-refractivity contribution in [2.45, 2.75) is 50.5 Å². The first kappa shape index (κ1) is 21.7. The third-order valence-corrected chi connectivity index (χ3v) is 7.76. The summed E-state index contributed by atoms with van der Waals surface area (Å²) in [5.41, 5.74) is 0.146. The van der Waals surface area contributed by atoms with Gasteiger partial charge in [0.15, 0.2) is 17.2 Å². The number of aromatic hydroxyl groups is 1. The van der Waals surface area contributed by atoms with E-state index in [-0.39, 0.29) is 22.7 Å². The summed E-state index contributed by atoms with van der Waals surface area (Å²) >= 11 is 0. The zero-order valence-electron chi connectivity index (χ0n) is 19.5. The molecule has 0 saturated carbocycles. The molecule has 2 heterocycles. The lowest BCUT2D eigenvalue weighted by atomic mass is 9.67. The van der Waals surface area contributed by atoms with Gasteiger partial charge in [-0.05, 0) is 44.1 Å². The van der Waals surface area contributed by atoms with Crippen LogP contribution in [0.4, 0.5) is 5.69 Å². The van der Waals surface area contributed by atoms with Crippen molar-refractivity contribution in [3.05, 3.63) is 69.8 Å². The van der Waals surface area contributed by atoms with Crippen molar-refractivity contribution in [3.8, 4) is 29.4 Å². The summed E-state index contributed by atoms with van der Waals surface area (Å²) in [6.45, 7) is 5.46. The Morgan fingerprint density at radius 3 is 2.57 bits per heavy atom. The number of rotatable bonds is 2. The number of nitrogens with one attached hydrogen (secondary N) is 1. The lowest BCUT2D eigenvalue weighted by Gasteiger charge is -2.38. The number of ether oxygens (including phenoxy) is 1. The number of fused-ring (bicyclic) bond motifs is 4. The number of aliphatic hydroxyl groups is 1. The van der Waals surface area contributed by atoms with Crippen LogP contribution < -0.4 is 5.32 Å². The van der Waals surface area contributed by atoms with Gasteiger partial charge >= 0.3 is 0 Å². The van der Waals surface area contributed by atoms with Gasteiger partial charge in [0.05, 0.1) is 28.8 Å². The van der Waals surface area contributed by atoms with Crippen LogP contribution in [0, 0.1) is 29.6 Å². The normalized spacial score (nSPS) is 30.5. The number of allylic oxidation sites excluding steroid dienone is 2. The number of phenolic OH excluding ortho intramolecular Hbond substituents is 1. The maximum atomic E-state index is 14.0. The van der Waals surface area contributed by atoms with Crippen molar-refractivity contribution in [1.29, 1.82) is 0 Å². The zero-order chi connectivity index (χ0) is 24.7. The highest BCUT2D eigenvalue weighted by Gasteiger charge is 2.81. The van der Waals surface area contributed by atoms with Crippen molar-refractivity contribution < 1.29 is 24.5 Å². The summed E-state index contributed by atoms with van der Waals surface area (Å²) in [5, 5.41) is 25.4. The van der Waals surface area contributed by atoms with Crippen LogP contribution in [0.2, 0.25) is 0 Å². The van der Waals surface area contributed by atoms with Crippen molar-refractivity contribution in [2.75, 3.05) is 5.32 Å². The molecular formula is C29H23NO5. The average Bonchev–Trinajstić information content (AvgIpc) is 3.57. The van der Waals surface area contributed by atoms with Gasteiger partial charge in [0.25, 0.3) is 0 Å². The van der Waals surface area contributed by atoms with E-state index >= 15 is 0 Å². The Hall–Kier alpha value is -3.84. The molecule has 0 radical (unpaired) electrons. The number of hydrogen-bond acceptors (Lipinski definition) is 6. The number of hydrogen-bond donors (Lipinski definition) is 3. The number of benzene rings is 2. The Bertz CT molecular complexity index is 1510. The van der Waals surface area contributed by atoms with E-state index < -0.39 is 35.0 Å². The third kappa shape index (κ3) is 2.48. The van der Waals surface area contributed by atoms with Gasteiger partial charge in [-0.25, -0.2) is 0 Å². The highest BCUT2D eigenvalue weighted by Crippen LogP contribution is 2.68. The highest BCUT2D eigenvalue weighted by molar-refractivity contribution is 6.31. The van der Waals surface area contributed by atoms with Crippen molar-refractivity contribution in [2.24, 2.45) is 5.92 Å². The Morgan fingerprint density at radius 1 is 1.11 bits per heavy atom. The monoisotopic (exact) mass is 465 g/mol. The molecule has 174 valence electrons. The van der Waals surface area contributed by atoms with Gasteiger partial charge in [0.2, 0.25) is 0 Å². The van der Waals surface area contributed by atoms with Crippen LogP contribution in [0.25, 0.3) is 0 Å². The van der Waals surface area contributed by atoms with Crippen LogP contribution in [0.5, 0.6) is 5.75 Å². The minimum atomic E-state index is -1.14. The molecular weight excluding hydrogens is 442 g/mol. The number of ketones is 2. The summed E-state index contributed by atoms with van der Waals surface area (Å²) in [6, 6.07) is 6.02. The molecule has 0 unspecified atom stereocenters. The standard InChI is InChI=1S/C29H23NO5/c1-4-17-11-9-12-18-22(17)27(34)24-23(26(18)33)20(32)14-19-25(24)30-21-13-8-6-5-7-10-15(2)28(19)29(21,35-28)16(3)31/h5-6,9,11-12,14-16,21,30-32H,4H2,1-3H3/b6-5-/t15-,16-,21+,28-,29+/m1/s1. The second kappa shape index (κ2) is 7.09. The van der Waals surface area contributed by atoms with E-state index in [1.165, 1.54) is 6.07 Å². The lowest BCUT2D eigenvalue weighted by Crippen LogP contribution is -2.53. The highest BCUT2D eigenvalue weighted by atomic mass is 16.6. The second-order valence-electron chi connectivity index (χ2n) is 9.44. The fourth-order valence-corrected chi connectivity index (χ4v) is 6.14. The molecule has 1 saturated heterocycles. The summed E-state index contributed by atoms with van der Waals surface area (Å²) in [7, 11) is 0. The number of aliphatic hydroxyl groups excluding tert-OH is 1. The van der Waals surface area contributed by atoms with E-state index in [1.54, 1.807) is 31.2 Å². The maximum absolute atomic E-state index is 14.0. The number of phenols is 1. The van der Waals surface area contributed by atoms with Crippen LogP contribution in [0.1, 0.15) is 63.7 Å². The Kier molecular flexibility index (Phi) is 4.39.